The van der Waals surface area contributed by atoms with Crippen molar-refractivity contribution in [3.05, 3.63) is 70.2 Å². The van der Waals surface area contributed by atoms with Crippen LogP contribution in [0.3, 0.4) is 0 Å². The third kappa shape index (κ3) is 3.59. The van der Waals surface area contributed by atoms with E-state index >= 15 is 0 Å². The third-order valence-corrected chi connectivity index (χ3v) is 7.32. The van der Waals surface area contributed by atoms with E-state index in [0.717, 1.165) is 11.3 Å². The van der Waals surface area contributed by atoms with Gasteiger partial charge in [-0.2, -0.15) is 0 Å². The molecule has 29 heavy (non-hydrogen) atoms. The maximum atomic E-state index is 12.8. The third-order valence-electron chi connectivity index (χ3n) is 4.27. The topological polar surface area (TPSA) is 103 Å². The molecule has 4 aromatic rings. The molecule has 4 rings (SSSR count). The van der Waals surface area contributed by atoms with Gasteiger partial charge in [-0.15, -0.1) is 11.3 Å². The van der Waals surface area contributed by atoms with Crippen LogP contribution in [0, 0.1) is 6.92 Å². The Morgan fingerprint density at radius 1 is 1.14 bits per heavy atom. The molecule has 0 amide bonds. The smallest absolute Gasteiger partial charge is 0.271 e. The van der Waals surface area contributed by atoms with Gasteiger partial charge < -0.3 is 4.74 Å². The maximum Gasteiger partial charge on any atom is 0.271 e. The molecule has 0 unspecified atom stereocenters. The number of thiophene rings is 1. The zero-order chi connectivity index (χ0) is 20.6. The summed E-state index contributed by atoms with van der Waals surface area (Å²) >= 11 is 1.14. The van der Waals surface area contributed by atoms with Crippen LogP contribution in [0.1, 0.15) is 5.56 Å². The molecule has 0 radical (unpaired) electrons. The molecule has 0 spiro atoms. The molecule has 4 aromatic heterocycles. The zero-order valence-electron chi connectivity index (χ0n) is 15.5. The van der Waals surface area contributed by atoms with Crippen molar-refractivity contribution in [2.45, 2.75) is 11.1 Å². The van der Waals surface area contributed by atoms with Crippen LogP contribution in [0.5, 0.6) is 5.88 Å². The average molecular weight is 428 g/mol. The van der Waals surface area contributed by atoms with Crippen LogP contribution in [-0.2, 0) is 10.0 Å². The van der Waals surface area contributed by atoms with Gasteiger partial charge in [-0.3, -0.25) is 13.9 Å². The largest absolute Gasteiger partial charge is 0.480 e. The van der Waals surface area contributed by atoms with Crippen molar-refractivity contribution in [1.82, 2.24) is 14.4 Å². The van der Waals surface area contributed by atoms with Crippen molar-refractivity contribution in [2.24, 2.45) is 0 Å². The Morgan fingerprint density at radius 3 is 2.69 bits per heavy atom. The molecule has 4 heterocycles. The van der Waals surface area contributed by atoms with E-state index < -0.39 is 10.0 Å². The summed E-state index contributed by atoms with van der Waals surface area (Å²) in [6.45, 7) is 1.73. The fraction of sp³-hybridized carbons (Fsp3) is 0.105. The van der Waals surface area contributed by atoms with Crippen LogP contribution < -0.4 is 15.0 Å². The second-order valence-electron chi connectivity index (χ2n) is 6.21. The van der Waals surface area contributed by atoms with E-state index in [9.17, 15) is 13.2 Å². The summed E-state index contributed by atoms with van der Waals surface area (Å²) in [6.07, 6.45) is 4.64. The first-order chi connectivity index (χ1) is 13.9. The number of fused-ring (bicyclic) bond motifs is 1. The summed E-state index contributed by atoms with van der Waals surface area (Å²) < 4.78 is 35.0. The molecular formula is C19H16N4O4S2. The van der Waals surface area contributed by atoms with Crippen LogP contribution in [-0.4, -0.2) is 29.9 Å². The van der Waals surface area contributed by atoms with Crippen LogP contribution in [0.2, 0.25) is 0 Å². The van der Waals surface area contributed by atoms with Gasteiger partial charge in [0.25, 0.3) is 15.6 Å². The first-order valence-electron chi connectivity index (χ1n) is 8.48. The summed E-state index contributed by atoms with van der Waals surface area (Å²) in [5.74, 6) is 0.145. The molecule has 0 atom stereocenters. The predicted molar refractivity (Wildman–Crippen MR) is 111 cm³/mol. The number of nitrogens with one attached hydrogen (secondary N) is 1. The number of anilines is 1. The Morgan fingerprint density at radius 2 is 1.97 bits per heavy atom. The van der Waals surface area contributed by atoms with Crippen molar-refractivity contribution in [3.63, 3.8) is 0 Å². The molecule has 0 saturated heterocycles. The minimum absolute atomic E-state index is 0.145. The highest BCUT2D eigenvalue weighted by Crippen LogP contribution is 2.31. The molecule has 8 nitrogen and oxygen atoms in total. The second-order valence-corrected chi connectivity index (χ2v) is 9.00. The Kier molecular flexibility index (Phi) is 4.81. The average Bonchev–Trinajstić information content (AvgIpc) is 3.15. The normalized spacial score (nSPS) is 11.5. The summed E-state index contributed by atoms with van der Waals surface area (Å²) in [4.78, 5) is 20.4. The lowest BCUT2D eigenvalue weighted by atomic mass is 10.1. The van der Waals surface area contributed by atoms with Crippen LogP contribution >= 0.6 is 11.3 Å². The minimum Gasteiger partial charge on any atom is -0.480 e. The second kappa shape index (κ2) is 7.30. The Labute approximate surface area is 170 Å². The molecule has 0 aliphatic carbocycles. The van der Waals surface area contributed by atoms with Crippen molar-refractivity contribution in [3.8, 4) is 17.0 Å². The lowest BCUT2D eigenvalue weighted by molar-refractivity contribution is 0.400. The van der Waals surface area contributed by atoms with E-state index in [4.69, 9.17) is 4.74 Å². The van der Waals surface area contributed by atoms with Gasteiger partial charge >= 0.3 is 0 Å². The molecular weight excluding hydrogens is 412 g/mol. The van der Waals surface area contributed by atoms with Gasteiger partial charge in [0.1, 0.15) is 15.5 Å². The van der Waals surface area contributed by atoms with Gasteiger partial charge in [0, 0.05) is 35.8 Å². The molecule has 1 N–H and O–H groups in total. The number of ether oxygens (including phenoxy) is 1. The van der Waals surface area contributed by atoms with Crippen LogP contribution in [0.15, 0.2) is 63.3 Å². The summed E-state index contributed by atoms with van der Waals surface area (Å²) in [6, 6.07) is 8.22. The first kappa shape index (κ1) is 19.1. The van der Waals surface area contributed by atoms with Crippen molar-refractivity contribution in [2.75, 3.05) is 11.8 Å². The molecule has 0 fully saturated rings. The van der Waals surface area contributed by atoms with E-state index in [1.165, 1.54) is 23.8 Å². The lowest BCUT2D eigenvalue weighted by Gasteiger charge is -2.13. The highest BCUT2D eigenvalue weighted by Gasteiger charge is 2.21. The van der Waals surface area contributed by atoms with Gasteiger partial charge in [0.15, 0.2) is 0 Å². The maximum absolute atomic E-state index is 12.8. The highest BCUT2D eigenvalue weighted by molar-refractivity contribution is 7.94. The number of pyridine rings is 2. The fourth-order valence-corrected chi connectivity index (χ4v) is 5.34. The van der Waals surface area contributed by atoms with E-state index in [0.29, 0.717) is 22.3 Å². The van der Waals surface area contributed by atoms with Crippen molar-refractivity contribution < 1.29 is 13.2 Å². The summed E-state index contributed by atoms with van der Waals surface area (Å²) in [5.41, 5.74) is 2.45. The number of hydrogen-bond donors (Lipinski definition) is 1. The molecule has 10 heteroatoms. The molecule has 0 saturated carbocycles. The number of aryl methyl sites for hydroxylation is 1. The number of rotatable bonds is 5. The van der Waals surface area contributed by atoms with Gasteiger partial charge in [0.2, 0.25) is 5.88 Å². The molecule has 0 aliphatic rings. The molecule has 0 aliphatic heterocycles. The zero-order valence-corrected chi connectivity index (χ0v) is 17.1. The van der Waals surface area contributed by atoms with E-state index in [2.05, 4.69) is 14.7 Å². The summed E-state index contributed by atoms with van der Waals surface area (Å²) in [5, 5.41) is 1.72. The lowest BCUT2D eigenvalue weighted by Crippen LogP contribution is -2.14. The SMILES string of the molecule is COc1ncc(-c2ccc3nccc(=O)n3c2)cc1NS(=O)(=O)c1sccc1C. The van der Waals surface area contributed by atoms with E-state index in [1.54, 1.807) is 49.0 Å². The standard InChI is InChI=1S/C19H16N4O4S2/c1-12-6-8-28-19(12)29(25,26)22-15-9-14(10-21-18(15)27-2)13-3-4-16-20-7-5-17(24)23(16)11-13/h3-11,22H,1-2H3. The van der Waals surface area contributed by atoms with Gasteiger partial charge in [-0.25, -0.2) is 18.4 Å². The predicted octanol–water partition coefficient (Wildman–Crippen LogP) is 2.94. The van der Waals surface area contributed by atoms with E-state index in [-0.39, 0.29) is 21.3 Å². The summed E-state index contributed by atoms with van der Waals surface area (Å²) in [7, 11) is -2.38. The number of nitrogens with zero attached hydrogens (tertiary/aromatic N) is 3. The Hall–Kier alpha value is -3.24. The van der Waals surface area contributed by atoms with Crippen molar-refractivity contribution >= 4 is 32.7 Å². The monoisotopic (exact) mass is 428 g/mol. The molecule has 0 bridgehead atoms. The van der Waals surface area contributed by atoms with Crippen molar-refractivity contribution in [1.29, 1.82) is 0 Å². The minimum atomic E-state index is -3.79. The van der Waals surface area contributed by atoms with Gasteiger partial charge in [-0.1, -0.05) is 0 Å². The quantitative estimate of drug-likeness (QED) is 0.524. The van der Waals surface area contributed by atoms with Crippen LogP contribution in [0.4, 0.5) is 5.69 Å². The number of aromatic nitrogens is 3. The van der Waals surface area contributed by atoms with Gasteiger partial charge in [-0.05, 0) is 42.1 Å². The highest BCUT2D eigenvalue weighted by atomic mass is 32.2. The number of hydrogen-bond acceptors (Lipinski definition) is 7. The number of methoxy groups -OCH3 is 1. The Bertz CT molecular complexity index is 1380. The van der Waals surface area contributed by atoms with E-state index in [1.807, 2.05) is 0 Å². The Balaban J connectivity index is 1.79. The number of sulfonamides is 1. The molecule has 0 aromatic carbocycles. The fourth-order valence-electron chi connectivity index (χ4n) is 2.87. The molecule has 148 valence electrons. The van der Waals surface area contributed by atoms with Gasteiger partial charge in [0.05, 0.1) is 7.11 Å². The van der Waals surface area contributed by atoms with Crippen LogP contribution in [0.25, 0.3) is 16.8 Å². The first-order valence-corrected chi connectivity index (χ1v) is 10.8.